The Morgan fingerprint density at radius 3 is 2.74 bits per heavy atom. The molecule has 0 unspecified atom stereocenters. The smallest absolute Gasteiger partial charge is 0.326 e. The molecule has 0 fully saturated rings. The minimum absolute atomic E-state index is 0.0943. The number of hydrogen-bond donors (Lipinski definition) is 1. The Kier molecular flexibility index (Phi) is 4.24. The number of aromatic nitrogens is 2. The van der Waals surface area contributed by atoms with Crippen molar-refractivity contribution in [2.24, 2.45) is 0 Å². The predicted molar refractivity (Wildman–Crippen MR) is 93.3 cm³/mol. The zero-order valence-electron chi connectivity index (χ0n) is 13.8. The summed E-state index contributed by atoms with van der Waals surface area (Å²) in [6.07, 6.45) is 0. The lowest BCUT2D eigenvalue weighted by Crippen LogP contribution is -2.20. The lowest BCUT2D eigenvalue weighted by Gasteiger charge is -2.15. The number of aryl methyl sites for hydroxylation is 1. The van der Waals surface area contributed by atoms with Crippen LogP contribution in [0.1, 0.15) is 30.9 Å². The van der Waals surface area contributed by atoms with E-state index >= 15 is 0 Å². The number of para-hydroxylation sites is 2. The average Bonchev–Trinajstić information content (AvgIpc) is 2.83. The molecule has 4 heteroatoms. The van der Waals surface area contributed by atoms with Gasteiger partial charge in [-0.3, -0.25) is 4.57 Å². The molecule has 0 spiro atoms. The van der Waals surface area contributed by atoms with Crippen LogP contribution < -0.4 is 10.4 Å². The molecule has 120 valence electrons. The first kappa shape index (κ1) is 15.4. The van der Waals surface area contributed by atoms with Crippen LogP contribution in [0.4, 0.5) is 0 Å². The molecule has 3 rings (SSSR count). The van der Waals surface area contributed by atoms with Crippen molar-refractivity contribution < 1.29 is 4.74 Å². The summed E-state index contributed by atoms with van der Waals surface area (Å²) >= 11 is 0. The van der Waals surface area contributed by atoms with Crippen LogP contribution in [0, 0.1) is 6.92 Å². The number of benzene rings is 2. The molecule has 0 bridgehead atoms. The van der Waals surface area contributed by atoms with Crippen molar-refractivity contribution in [3.05, 3.63) is 64.1 Å². The van der Waals surface area contributed by atoms with Gasteiger partial charge < -0.3 is 9.72 Å². The summed E-state index contributed by atoms with van der Waals surface area (Å²) in [7, 11) is 0. The van der Waals surface area contributed by atoms with Crippen molar-refractivity contribution >= 4 is 11.0 Å². The fraction of sp³-hybridized carbons (Fsp3) is 0.316. The molecule has 1 heterocycles. The molecule has 23 heavy (non-hydrogen) atoms. The molecule has 0 atom stereocenters. The number of hydrogen-bond acceptors (Lipinski definition) is 2. The number of nitrogens with one attached hydrogen (secondary N) is 1. The van der Waals surface area contributed by atoms with Crippen LogP contribution in [-0.2, 0) is 6.54 Å². The Bertz CT molecular complexity index is 874. The van der Waals surface area contributed by atoms with Crippen LogP contribution in [0.3, 0.4) is 0 Å². The van der Waals surface area contributed by atoms with Gasteiger partial charge in [0.15, 0.2) is 0 Å². The molecule has 2 aromatic carbocycles. The van der Waals surface area contributed by atoms with Gasteiger partial charge in [-0.25, -0.2) is 4.79 Å². The largest absolute Gasteiger partial charge is 0.491 e. The van der Waals surface area contributed by atoms with E-state index in [4.69, 9.17) is 4.74 Å². The van der Waals surface area contributed by atoms with Crippen LogP contribution in [0.25, 0.3) is 11.0 Å². The van der Waals surface area contributed by atoms with Gasteiger partial charge >= 0.3 is 5.69 Å². The van der Waals surface area contributed by atoms with Gasteiger partial charge in [0.05, 0.1) is 17.6 Å². The second kappa shape index (κ2) is 6.32. The Morgan fingerprint density at radius 2 is 1.96 bits per heavy atom. The Labute approximate surface area is 135 Å². The number of ether oxygens (including phenoxy) is 1. The summed E-state index contributed by atoms with van der Waals surface area (Å²) in [5.41, 5.74) is 4.05. The van der Waals surface area contributed by atoms with Crippen molar-refractivity contribution in [1.82, 2.24) is 9.55 Å². The zero-order chi connectivity index (χ0) is 16.4. The van der Waals surface area contributed by atoms with E-state index in [1.165, 1.54) is 11.1 Å². The van der Waals surface area contributed by atoms with Crippen LogP contribution in [0.15, 0.2) is 47.3 Å². The molecular formula is C19H22N2O2. The SMILES string of the molecule is Cc1ccc(C(C)C)c(OCCn2c(=O)[nH]c3ccccc32)c1. The summed E-state index contributed by atoms with van der Waals surface area (Å²) in [5.74, 6) is 1.31. The second-order valence-corrected chi connectivity index (χ2v) is 6.14. The molecule has 1 N–H and O–H groups in total. The minimum Gasteiger partial charge on any atom is -0.491 e. The number of nitrogens with zero attached hydrogens (tertiary/aromatic N) is 1. The molecule has 0 saturated heterocycles. The molecule has 0 aliphatic heterocycles. The molecule has 1 aromatic heterocycles. The fourth-order valence-electron chi connectivity index (χ4n) is 2.82. The van der Waals surface area contributed by atoms with Gasteiger partial charge in [0.25, 0.3) is 0 Å². The molecule has 0 amide bonds. The Balaban J connectivity index is 1.78. The molecule has 0 saturated carbocycles. The van der Waals surface area contributed by atoms with Gasteiger partial charge in [-0.2, -0.15) is 0 Å². The maximum Gasteiger partial charge on any atom is 0.326 e. The summed E-state index contributed by atoms with van der Waals surface area (Å²) in [4.78, 5) is 14.9. The van der Waals surface area contributed by atoms with E-state index in [0.717, 1.165) is 16.8 Å². The first-order chi connectivity index (χ1) is 11.1. The Hall–Kier alpha value is -2.49. The summed E-state index contributed by atoms with van der Waals surface area (Å²) in [6.45, 7) is 7.35. The van der Waals surface area contributed by atoms with Crippen LogP contribution in [-0.4, -0.2) is 16.2 Å². The van der Waals surface area contributed by atoms with Gasteiger partial charge in [0.2, 0.25) is 0 Å². The zero-order valence-corrected chi connectivity index (χ0v) is 13.8. The van der Waals surface area contributed by atoms with Crippen molar-refractivity contribution in [1.29, 1.82) is 0 Å². The first-order valence-electron chi connectivity index (χ1n) is 7.97. The minimum atomic E-state index is -0.0943. The lowest BCUT2D eigenvalue weighted by atomic mass is 10.0. The highest BCUT2D eigenvalue weighted by Crippen LogP contribution is 2.27. The van der Waals surface area contributed by atoms with Gasteiger partial charge in [-0.05, 0) is 42.2 Å². The van der Waals surface area contributed by atoms with E-state index < -0.39 is 0 Å². The number of rotatable bonds is 5. The van der Waals surface area contributed by atoms with Crippen molar-refractivity contribution in [2.45, 2.75) is 33.2 Å². The van der Waals surface area contributed by atoms with Crippen LogP contribution >= 0.6 is 0 Å². The van der Waals surface area contributed by atoms with Crippen LogP contribution in [0.2, 0.25) is 0 Å². The lowest BCUT2D eigenvalue weighted by molar-refractivity contribution is 0.294. The van der Waals surface area contributed by atoms with E-state index in [1.54, 1.807) is 4.57 Å². The van der Waals surface area contributed by atoms with Crippen molar-refractivity contribution in [3.8, 4) is 5.75 Å². The predicted octanol–water partition coefficient (Wildman–Crippen LogP) is 3.84. The highest BCUT2D eigenvalue weighted by Gasteiger charge is 2.09. The monoisotopic (exact) mass is 310 g/mol. The molecule has 4 nitrogen and oxygen atoms in total. The van der Waals surface area contributed by atoms with E-state index in [9.17, 15) is 4.79 Å². The van der Waals surface area contributed by atoms with E-state index in [1.807, 2.05) is 24.3 Å². The third-order valence-electron chi connectivity index (χ3n) is 4.05. The summed E-state index contributed by atoms with van der Waals surface area (Å²) < 4.78 is 7.71. The van der Waals surface area contributed by atoms with E-state index in [0.29, 0.717) is 19.1 Å². The normalized spacial score (nSPS) is 11.3. The van der Waals surface area contributed by atoms with Gasteiger partial charge in [0.1, 0.15) is 12.4 Å². The van der Waals surface area contributed by atoms with Gasteiger partial charge in [0, 0.05) is 0 Å². The topological polar surface area (TPSA) is 47.0 Å². The second-order valence-electron chi connectivity index (χ2n) is 6.14. The number of H-pyrrole nitrogens is 1. The maximum absolute atomic E-state index is 12.1. The Morgan fingerprint density at radius 1 is 1.17 bits per heavy atom. The van der Waals surface area contributed by atoms with E-state index in [2.05, 4.69) is 44.0 Å². The number of imidazole rings is 1. The highest BCUT2D eigenvalue weighted by atomic mass is 16.5. The summed E-state index contributed by atoms with van der Waals surface area (Å²) in [5, 5.41) is 0. The third-order valence-corrected chi connectivity index (χ3v) is 4.05. The van der Waals surface area contributed by atoms with Crippen molar-refractivity contribution in [3.63, 3.8) is 0 Å². The number of fused-ring (bicyclic) bond motifs is 1. The van der Waals surface area contributed by atoms with Crippen molar-refractivity contribution in [2.75, 3.05) is 6.61 Å². The molecule has 0 aliphatic carbocycles. The summed E-state index contributed by atoms with van der Waals surface area (Å²) in [6, 6.07) is 14.0. The first-order valence-corrected chi connectivity index (χ1v) is 7.97. The standard InChI is InChI=1S/C19H22N2O2/c1-13(2)15-9-8-14(3)12-18(15)23-11-10-21-17-7-5-4-6-16(17)20-19(21)22/h4-9,12-13H,10-11H2,1-3H3,(H,20,22). The quantitative estimate of drug-likeness (QED) is 0.778. The molecular weight excluding hydrogens is 288 g/mol. The van der Waals surface area contributed by atoms with E-state index in [-0.39, 0.29) is 5.69 Å². The number of aromatic amines is 1. The van der Waals surface area contributed by atoms with Gasteiger partial charge in [-0.1, -0.05) is 38.1 Å². The fourth-order valence-corrected chi connectivity index (χ4v) is 2.82. The maximum atomic E-state index is 12.1. The van der Waals surface area contributed by atoms with Crippen LogP contribution in [0.5, 0.6) is 5.75 Å². The van der Waals surface area contributed by atoms with Gasteiger partial charge in [-0.15, -0.1) is 0 Å². The molecule has 0 aliphatic rings. The third kappa shape index (κ3) is 3.16. The highest BCUT2D eigenvalue weighted by molar-refractivity contribution is 5.74. The molecule has 0 radical (unpaired) electrons. The average molecular weight is 310 g/mol. The molecule has 3 aromatic rings.